The Bertz CT molecular complexity index is 826. The van der Waals surface area contributed by atoms with Gasteiger partial charge in [0, 0.05) is 11.6 Å². The van der Waals surface area contributed by atoms with Crippen LogP contribution in [0.5, 0.6) is 0 Å². The highest BCUT2D eigenvalue weighted by Gasteiger charge is 2.33. The van der Waals surface area contributed by atoms with Crippen LogP contribution in [-0.2, 0) is 16.3 Å². The van der Waals surface area contributed by atoms with Crippen LogP contribution in [0, 0.1) is 11.8 Å². The van der Waals surface area contributed by atoms with Crippen molar-refractivity contribution >= 4 is 15.7 Å². The van der Waals surface area contributed by atoms with Crippen molar-refractivity contribution in [1.29, 1.82) is 0 Å². The van der Waals surface area contributed by atoms with E-state index in [4.69, 9.17) is 0 Å². The summed E-state index contributed by atoms with van der Waals surface area (Å²) in [6.45, 7) is 5.41. The zero-order chi connectivity index (χ0) is 22.5. The van der Waals surface area contributed by atoms with Gasteiger partial charge in [0.15, 0.2) is 9.84 Å². The maximum Gasteiger partial charge on any atom is 0.251 e. The fourth-order valence-electron chi connectivity index (χ4n) is 5.00. The summed E-state index contributed by atoms with van der Waals surface area (Å²) < 4.78 is 24.3. The maximum atomic E-state index is 12.6. The van der Waals surface area contributed by atoms with E-state index in [0.29, 0.717) is 23.6 Å². The van der Waals surface area contributed by atoms with Crippen LogP contribution >= 0.6 is 0 Å². The van der Waals surface area contributed by atoms with Gasteiger partial charge in [-0.1, -0.05) is 44.2 Å². The van der Waals surface area contributed by atoms with Crippen molar-refractivity contribution in [2.45, 2.75) is 102 Å². The smallest absolute Gasteiger partial charge is 0.251 e. The molecular weight excluding hydrogens is 406 g/mol. The van der Waals surface area contributed by atoms with Gasteiger partial charge in [0.2, 0.25) is 0 Å². The molecule has 1 amide bonds. The lowest BCUT2D eigenvalue weighted by Gasteiger charge is -2.30. The highest BCUT2D eigenvalue weighted by molar-refractivity contribution is 7.92. The number of benzene rings is 1. The maximum absolute atomic E-state index is 12.6. The lowest BCUT2D eigenvalue weighted by atomic mass is 9.80. The van der Waals surface area contributed by atoms with Crippen LogP contribution in [0.3, 0.4) is 0 Å². The molecule has 3 rings (SSSR count). The molecule has 2 aliphatic carbocycles. The van der Waals surface area contributed by atoms with Gasteiger partial charge in [0.25, 0.3) is 5.91 Å². The minimum atomic E-state index is -3.03. The van der Waals surface area contributed by atoms with E-state index < -0.39 is 14.6 Å². The molecule has 1 aromatic carbocycles. The number of hydrogen-bond donors (Lipinski definition) is 1. The molecule has 2 saturated carbocycles. The zero-order valence-electron chi connectivity index (χ0n) is 19.7. The van der Waals surface area contributed by atoms with Gasteiger partial charge >= 0.3 is 0 Å². The molecule has 0 saturated heterocycles. The summed E-state index contributed by atoms with van der Waals surface area (Å²) in [4.78, 5) is 12.6. The lowest BCUT2D eigenvalue weighted by Crippen LogP contribution is -2.36. The van der Waals surface area contributed by atoms with Crippen LogP contribution in [-0.4, -0.2) is 30.9 Å². The summed E-state index contributed by atoms with van der Waals surface area (Å²) >= 11 is 0. The van der Waals surface area contributed by atoms with Crippen molar-refractivity contribution < 1.29 is 13.2 Å². The fourth-order valence-corrected chi connectivity index (χ4v) is 6.46. The predicted molar refractivity (Wildman–Crippen MR) is 128 cm³/mol. The Morgan fingerprint density at radius 1 is 0.968 bits per heavy atom. The molecular formula is C26H41NO3S. The highest BCUT2D eigenvalue weighted by atomic mass is 32.2. The Morgan fingerprint density at radius 3 is 2.26 bits per heavy atom. The summed E-state index contributed by atoms with van der Waals surface area (Å²) in [5, 5.41) is 3.21. The molecule has 0 atom stereocenters. The third-order valence-electron chi connectivity index (χ3n) is 7.33. The molecule has 0 radical (unpaired) electrons. The highest BCUT2D eigenvalue weighted by Crippen LogP contribution is 2.34. The van der Waals surface area contributed by atoms with Gasteiger partial charge < -0.3 is 5.32 Å². The van der Waals surface area contributed by atoms with E-state index in [1.165, 1.54) is 24.8 Å². The van der Waals surface area contributed by atoms with Crippen molar-refractivity contribution in [3.05, 3.63) is 35.4 Å². The zero-order valence-corrected chi connectivity index (χ0v) is 20.5. The average molecular weight is 448 g/mol. The Balaban J connectivity index is 1.45. The first-order valence-corrected chi connectivity index (χ1v) is 13.9. The quantitative estimate of drug-likeness (QED) is 0.583. The molecule has 174 valence electrons. The van der Waals surface area contributed by atoms with Crippen LogP contribution in [0.25, 0.3) is 0 Å². The summed E-state index contributed by atoms with van der Waals surface area (Å²) in [5.41, 5.74) is 2.01. The van der Waals surface area contributed by atoms with Gasteiger partial charge in [-0.05, 0) is 88.8 Å². The van der Waals surface area contributed by atoms with E-state index in [1.54, 1.807) is 20.8 Å². The second kappa shape index (κ2) is 10.5. The molecule has 2 fully saturated rings. The van der Waals surface area contributed by atoms with Crippen LogP contribution in [0.2, 0.25) is 0 Å². The number of rotatable bonds is 7. The number of carbonyl (C=O) groups excluding carboxylic acids is 1. The largest absolute Gasteiger partial charge is 0.349 e. The third kappa shape index (κ3) is 7.06. The molecule has 0 aliphatic heterocycles. The van der Waals surface area contributed by atoms with Crippen LogP contribution in [0.4, 0.5) is 0 Å². The Kier molecular flexibility index (Phi) is 8.23. The van der Waals surface area contributed by atoms with Crippen molar-refractivity contribution in [3.8, 4) is 0 Å². The minimum Gasteiger partial charge on any atom is -0.349 e. The normalized spacial score (nSPS) is 23.5. The Morgan fingerprint density at radius 2 is 1.61 bits per heavy atom. The molecule has 31 heavy (non-hydrogen) atoms. The standard InChI is InChI=1S/C26H41NO3S/c1-26(2,3)31(29,30)19-22-16-13-20(14-17-22)12-15-21-8-7-9-23(18-21)25(28)27-24-10-5-4-6-11-24/h7-9,18,20,22,24H,4-6,10-17,19H2,1-3H3,(H,27,28). The van der Waals surface area contributed by atoms with Crippen LogP contribution < -0.4 is 5.32 Å². The molecule has 1 aromatic rings. The van der Waals surface area contributed by atoms with Gasteiger partial charge in [0.1, 0.15) is 0 Å². The summed E-state index contributed by atoms with van der Waals surface area (Å²) in [5.74, 6) is 1.37. The van der Waals surface area contributed by atoms with Crippen molar-refractivity contribution in [3.63, 3.8) is 0 Å². The van der Waals surface area contributed by atoms with E-state index >= 15 is 0 Å². The number of nitrogens with one attached hydrogen (secondary N) is 1. The van der Waals surface area contributed by atoms with Gasteiger partial charge in [-0.15, -0.1) is 0 Å². The molecule has 0 bridgehead atoms. The predicted octanol–water partition coefficient (Wildman–Crippen LogP) is 5.70. The molecule has 0 spiro atoms. The lowest BCUT2D eigenvalue weighted by molar-refractivity contribution is 0.0927. The van der Waals surface area contributed by atoms with Gasteiger partial charge in [-0.2, -0.15) is 0 Å². The fraction of sp³-hybridized carbons (Fsp3) is 0.731. The minimum absolute atomic E-state index is 0.0642. The third-order valence-corrected chi connectivity index (χ3v) is 10.1. The Hall–Kier alpha value is -1.36. The van der Waals surface area contributed by atoms with Gasteiger partial charge in [-0.3, -0.25) is 4.79 Å². The molecule has 0 aromatic heterocycles. The number of amides is 1. The Labute approximate surface area is 189 Å². The van der Waals surface area contributed by atoms with Crippen molar-refractivity contribution in [2.24, 2.45) is 11.8 Å². The van der Waals surface area contributed by atoms with Crippen molar-refractivity contribution in [1.82, 2.24) is 5.32 Å². The van der Waals surface area contributed by atoms with E-state index in [0.717, 1.165) is 56.9 Å². The van der Waals surface area contributed by atoms with Crippen molar-refractivity contribution in [2.75, 3.05) is 5.75 Å². The van der Waals surface area contributed by atoms with E-state index in [2.05, 4.69) is 17.4 Å². The molecule has 0 unspecified atom stereocenters. The molecule has 5 heteroatoms. The molecule has 0 heterocycles. The topological polar surface area (TPSA) is 63.2 Å². The first-order chi connectivity index (χ1) is 14.6. The van der Waals surface area contributed by atoms with Crippen LogP contribution in [0.1, 0.15) is 101 Å². The summed E-state index contributed by atoms with van der Waals surface area (Å²) in [6.07, 6.45) is 12.3. The first-order valence-electron chi connectivity index (χ1n) is 12.3. The average Bonchev–Trinajstić information content (AvgIpc) is 2.73. The second-order valence-electron chi connectivity index (χ2n) is 10.8. The second-order valence-corrected chi connectivity index (χ2v) is 13.6. The molecule has 1 N–H and O–H groups in total. The van der Waals surface area contributed by atoms with E-state index in [-0.39, 0.29) is 5.91 Å². The van der Waals surface area contributed by atoms with Gasteiger partial charge in [-0.25, -0.2) is 8.42 Å². The number of aryl methyl sites for hydroxylation is 1. The summed E-state index contributed by atoms with van der Waals surface area (Å²) in [7, 11) is -3.03. The molecule has 4 nitrogen and oxygen atoms in total. The monoisotopic (exact) mass is 447 g/mol. The number of hydrogen-bond acceptors (Lipinski definition) is 3. The molecule has 2 aliphatic rings. The first kappa shape index (κ1) is 24.3. The number of sulfone groups is 1. The SMILES string of the molecule is CC(C)(C)S(=O)(=O)CC1CCC(CCc2cccc(C(=O)NC3CCCCC3)c2)CC1. The number of carbonyl (C=O) groups is 1. The summed E-state index contributed by atoms with van der Waals surface area (Å²) in [6, 6.07) is 8.43. The van der Waals surface area contributed by atoms with E-state index in [1.807, 2.05) is 12.1 Å². The van der Waals surface area contributed by atoms with Gasteiger partial charge in [0.05, 0.1) is 10.5 Å². The van der Waals surface area contributed by atoms with E-state index in [9.17, 15) is 13.2 Å². The van der Waals surface area contributed by atoms with Crippen LogP contribution in [0.15, 0.2) is 24.3 Å².